The summed E-state index contributed by atoms with van der Waals surface area (Å²) >= 11 is 0. The van der Waals surface area contributed by atoms with Crippen LogP contribution < -0.4 is 5.73 Å². The number of hydrogen-bond donors (Lipinski definition) is 1. The highest BCUT2D eigenvalue weighted by atomic mass is 15.0. The van der Waals surface area contributed by atoms with Crippen LogP contribution in [0.3, 0.4) is 0 Å². The van der Waals surface area contributed by atoms with Crippen LogP contribution in [0.1, 0.15) is 16.8 Å². The molecule has 0 fully saturated rings. The van der Waals surface area contributed by atoms with Crippen LogP contribution >= 0.6 is 0 Å². The van der Waals surface area contributed by atoms with Gasteiger partial charge in [0.2, 0.25) is 0 Å². The van der Waals surface area contributed by atoms with Crippen LogP contribution in [-0.4, -0.2) is 9.55 Å². The molecule has 0 atom stereocenters. The van der Waals surface area contributed by atoms with Crippen LogP contribution in [0.25, 0.3) is 5.69 Å². The zero-order valence-corrected chi connectivity index (χ0v) is 9.07. The van der Waals surface area contributed by atoms with Gasteiger partial charge in [0, 0.05) is 12.7 Å². The zero-order valence-electron chi connectivity index (χ0n) is 9.07. The molecule has 78 valence electrons. The summed E-state index contributed by atoms with van der Waals surface area (Å²) in [7, 11) is 0. The quantitative estimate of drug-likeness (QED) is 0.807. The molecule has 2 N–H and O–H groups in total. The Morgan fingerprint density at radius 1 is 1.27 bits per heavy atom. The summed E-state index contributed by atoms with van der Waals surface area (Å²) in [4.78, 5) is 4.23. The average Bonchev–Trinajstić information content (AvgIpc) is 2.66. The van der Waals surface area contributed by atoms with E-state index in [4.69, 9.17) is 5.73 Å². The second kappa shape index (κ2) is 3.87. The van der Waals surface area contributed by atoms with Gasteiger partial charge in [0.25, 0.3) is 0 Å². The summed E-state index contributed by atoms with van der Waals surface area (Å²) < 4.78 is 2.03. The van der Waals surface area contributed by atoms with Gasteiger partial charge >= 0.3 is 0 Å². The van der Waals surface area contributed by atoms with Gasteiger partial charge in [-0.15, -0.1) is 0 Å². The van der Waals surface area contributed by atoms with Crippen molar-refractivity contribution in [1.29, 1.82) is 0 Å². The number of imidazole rings is 1. The van der Waals surface area contributed by atoms with Gasteiger partial charge in [-0.2, -0.15) is 0 Å². The molecule has 15 heavy (non-hydrogen) atoms. The molecule has 0 radical (unpaired) electrons. The molecule has 0 spiro atoms. The third kappa shape index (κ3) is 1.78. The van der Waals surface area contributed by atoms with E-state index in [1.807, 2.05) is 17.1 Å². The summed E-state index contributed by atoms with van der Waals surface area (Å²) in [5.41, 5.74) is 10.1. The van der Waals surface area contributed by atoms with Gasteiger partial charge in [-0.25, -0.2) is 4.98 Å². The number of para-hydroxylation sites is 1. The third-order valence-corrected chi connectivity index (χ3v) is 2.54. The monoisotopic (exact) mass is 201 g/mol. The Bertz CT molecular complexity index is 451. The van der Waals surface area contributed by atoms with Crippen molar-refractivity contribution in [2.45, 2.75) is 20.4 Å². The molecule has 3 heteroatoms. The first-order chi connectivity index (χ1) is 7.22. The molecule has 1 aromatic heterocycles. The number of nitrogens with two attached hydrogens (primary N) is 1. The summed E-state index contributed by atoms with van der Waals surface area (Å²) in [6.07, 6.45) is 3.80. The van der Waals surface area contributed by atoms with Crippen molar-refractivity contribution < 1.29 is 0 Å². The van der Waals surface area contributed by atoms with Crippen molar-refractivity contribution in [2.24, 2.45) is 5.73 Å². The number of rotatable bonds is 2. The first-order valence-electron chi connectivity index (χ1n) is 5.02. The van der Waals surface area contributed by atoms with Crippen molar-refractivity contribution in [2.75, 3.05) is 0 Å². The molecule has 0 aliphatic rings. The van der Waals surface area contributed by atoms with Gasteiger partial charge in [-0.1, -0.05) is 18.2 Å². The van der Waals surface area contributed by atoms with Gasteiger partial charge in [-0.05, 0) is 25.0 Å². The fraction of sp³-hybridized carbons (Fsp3) is 0.250. The SMILES string of the molecule is Cc1cccc(C)c1-n1cnc(CN)c1. The summed E-state index contributed by atoms with van der Waals surface area (Å²) in [6.45, 7) is 4.69. The van der Waals surface area contributed by atoms with E-state index in [1.165, 1.54) is 16.8 Å². The van der Waals surface area contributed by atoms with Gasteiger partial charge < -0.3 is 10.3 Å². The lowest BCUT2D eigenvalue weighted by atomic mass is 10.1. The first-order valence-corrected chi connectivity index (χ1v) is 5.02. The normalized spacial score (nSPS) is 10.6. The van der Waals surface area contributed by atoms with Gasteiger partial charge in [0.05, 0.1) is 17.7 Å². The molecule has 0 saturated carbocycles. The molecule has 1 aromatic carbocycles. The molecule has 2 aromatic rings. The Morgan fingerprint density at radius 2 is 1.93 bits per heavy atom. The highest BCUT2D eigenvalue weighted by Gasteiger charge is 2.05. The van der Waals surface area contributed by atoms with E-state index in [-0.39, 0.29) is 0 Å². The Kier molecular flexibility index (Phi) is 2.56. The smallest absolute Gasteiger partial charge is 0.0995 e. The van der Waals surface area contributed by atoms with Crippen LogP contribution in [-0.2, 0) is 6.54 Å². The molecule has 0 aliphatic carbocycles. The second-order valence-electron chi connectivity index (χ2n) is 3.72. The van der Waals surface area contributed by atoms with Crippen LogP contribution in [0.5, 0.6) is 0 Å². The molecule has 0 unspecified atom stereocenters. The lowest BCUT2D eigenvalue weighted by molar-refractivity contribution is 1.01. The highest BCUT2D eigenvalue weighted by Crippen LogP contribution is 2.18. The Hall–Kier alpha value is -1.61. The number of aromatic nitrogens is 2. The minimum Gasteiger partial charge on any atom is -0.325 e. The lowest BCUT2D eigenvalue weighted by Gasteiger charge is -2.09. The van der Waals surface area contributed by atoms with Crippen molar-refractivity contribution in [1.82, 2.24) is 9.55 Å². The minimum atomic E-state index is 0.484. The molecule has 0 bridgehead atoms. The maximum absolute atomic E-state index is 5.54. The molecular weight excluding hydrogens is 186 g/mol. The van der Waals surface area contributed by atoms with Crippen LogP contribution in [0.15, 0.2) is 30.7 Å². The molecule has 1 heterocycles. The molecule has 0 amide bonds. The summed E-state index contributed by atoms with van der Waals surface area (Å²) in [5.74, 6) is 0. The minimum absolute atomic E-state index is 0.484. The largest absolute Gasteiger partial charge is 0.325 e. The zero-order chi connectivity index (χ0) is 10.8. The van der Waals surface area contributed by atoms with Crippen molar-refractivity contribution in [3.63, 3.8) is 0 Å². The maximum atomic E-state index is 5.54. The van der Waals surface area contributed by atoms with Crippen LogP contribution in [0.2, 0.25) is 0 Å². The second-order valence-corrected chi connectivity index (χ2v) is 3.72. The van der Waals surface area contributed by atoms with Gasteiger partial charge in [0.15, 0.2) is 0 Å². The van der Waals surface area contributed by atoms with Gasteiger partial charge in [0.1, 0.15) is 0 Å². The number of benzene rings is 1. The fourth-order valence-electron chi connectivity index (χ4n) is 1.80. The number of aryl methyl sites for hydroxylation is 2. The van der Waals surface area contributed by atoms with Crippen molar-refractivity contribution in [3.05, 3.63) is 47.5 Å². The average molecular weight is 201 g/mol. The van der Waals surface area contributed by atoms with Crippen molar-refractivity contribution >= 4 is 0 Å². The summed E-state index contributed by atoms with van der Waals surface area (Å²) in [6, 6.07) is 6.27. The molecule has 0 aliphatic heterocycles. The van der Waals surface area contributed by atoms with E-state index >= 15 is 0 Å². The van der Waals surface area contributed by atoms with Crippen LogP contribution in [0, 0.1) is 13.8 Å². The Morgan fingerprint density at radius 3 is 2.47 bits per heavy atom. The predicted octanol–water partition coefficient (Wildman–Crippen LogP) is 1.95. The van der Waals surface area contributed by atoms with Crippen LogP contribution in [0.4, 0.5) is 0 Å². The third-order valence-electron chi connectivity index (χ3n) is 2.54. The van der Waals surface area contributed by atoms with Crippen molar-refractivity contribution in [3.8, 4) is 5.69 Å². The lowest BCUT2D eigenvalue weighted by Crippen LogP contribution is -1.98. The topological polar surface area (TPSA) is 43.8 Å². The fourth-order valence-corrected chi connectivity index (χ4v) is 1.80. The molecule has 3 nitrogen and oxygen atoms in total. The van der Waals surface area contributed by atoms with E-state index in [2.05, 4.69) is 37.0 Å². The van der Waals surface area contributed by atoms with E-state index in [1.54, 1.807) is 0 Å². The first kappa shape index (κ1) is 9.93. The predicted molar refractivity (Wildman–Crippen MR) is 60.9 cm³/mol. The van der Waals surface area contributed by atoms with Gasteiger partial charge in [-0.3, -0.25) is 0 Å². The molecular formula is C12H15N3. The number of nitrogens with zero attached hydrogens (tertiary/aromatic N) is 2. The Labute approximate surface area is 89.6 Å². The number of hydrogen-bond acceptors (Lipinski definition) is 2. The maximum Gasteiger partial charge on any atom is 0.0995 e. The molecule has 0 saturated heterocycles. The summed E-state index contributed by atoms with van der Waals surface area (Å²) in [5, 5.41) is 0. The molecule has 2 rings (SSSR count). The van der Waals surface area contributed by atoms with E-state index in [9.17, 15) is 0 Å². The highest BCUT2D eigenvalue weighted by molar-refractivity contribution is 5.47. The standard InChI is InChI=1S/C12H15N3/c1-9-4-3-5-10(2)12(9)15-7-11(6-13)14-8-15/h3-5,7-8H,6,13H2,1-2H3. The van der Waals surface area contributed by atoms with E-state index in [0.29, 0.717) is 6.54 Å². The van der Waals surface area contributed by atoms with E-state index < -0.39 is 0 Å². The Balaban J connectivity index is 2.53. The van der Waals surface area contributed by atoms with E-state index in [0.717, 1.165) is 5.69 Å².